The molecule has 1 saturated heterocycles. The Kier molecular flexibility index (Phi) is 2.42. The second kappa shape index (κ2) is 3.82. The van der Waals surface area contributed by atoms with Crippen LogP contribution < -0.4 is 0 Å². The zero-order valence-corrected chi connectivity index (χ0v) is 9.41. The fraction of sp³-hybridized carbons (Fsp3) is 0.462. The van der Waals surface area contributed by atoms with Crippen molar-refractivity contribution in [2.75, 3.05) is 13.1 Å². The molecule has 1 aliphatic carbocycles. The first-order valence-corrected chi connectivity index (χ1v) is 5.89. The van der Waals surface area contributed by atoms with Crippen LogP contribution >= 0.6 is 0 Å². The van der Waals surface area contributed by atoms with E-state index >= 15 is 0 Å². The van der Waals surface area contributed by atoms with Gasteiger partial charge in [0.25, 0.3) is 0 Å². The van der Waals surface area contributed by atoms with Crippen molar-refractivity contribution in [2.24, 2.45) is 0 Å². The van der Waals surface area contributed by atoms with Gasteiger partial charge in [-0.05, 0) is 17.5 Å². The SMILES string of the molecule is O=C(C1Cc2ccccc21)N1CC(O)C(O)C1. The van der Waals surface area contributed by atoms with Crippen LogP contribution in [0.5, 0.6) is 0 Å². The third-order valence-corrected chi connectivity index (χ3v) is 3.72. The third kappa shape index (κ3) is 1.64. The third-order valence-electron chi connectivity index (χ3n) is 3.72. The Hall–Kier alpha value is -1.39. The van der Waals surface area contributed by atoms with E-state index in [1.807, 2.05) is 24.3 Å². The Morgan fingerprint density at radius 3 is 2.47 bits per heavy atom. The Balaban J connectivity index is 1.74. The minimum absolute atomic E-state index is 0.0271. The molecule has 2 N–H and O–H groups in total. The predicted octanol–water partition coefficient (Wildman–Crippen LogP) is -0.110. The maximum Gasteiger partial charge on any atom is 0.230 e. The molecule has 1 heterocycles. The number of rotatable bonds is 1. The van der Waals surface area contributed by atoms with E-state index in [9.17, 15) is 15.0 Å². The fourth-order valence-corrected chi connectivity index (χ4v) is 2.65. The lowest BCUT2D eigenvalue weighted by Crippen LogP contribution is -2.38. The first kappa shape index (κ1) is 10.7. The van der Waals surface area contributed by atoms with Crippen LogP contribution in [0.15, 0.2) is 24.3 Å². The fourth-order valence-electron chi connectivity index (χ4n) is 2.65. The molecular formula is C13H15NO3. The van der Waals surface area contributed by atoms with Crippen LogP contribution in [-0.2, 0) is 11.2 Å². The Morgan fingerprint density at radius 1 is 1.18 bits per heavy atom. The van der Waals surface area contributed by atoms with Gasteiger partial charge >= 0.3 is 0 Å². The number of fused-ring (bicyclic) bond motifs is 1. The molecule has 4 nitrogen and oxygen atoms in total. The molecular weight excluding hydrogens is 218 g/mol. The smallest absolute Gasteiger partial charge is 0.230 e. The van der Waals surface area contributed by atoms with Gasteiger partial charge in [-0.2, -0.15) is 0 Å². The zero-order chi connectivity index (χ0) is 12.0. The molecule has 1 aromatic rings. The summed E-state index contributed by atoms with van der Waals surface area (Å²) >= 11 is 0. The molecule has 4 heteroatoms. The number of benzene rings is 1. The second-order valence-electron chi connectivity index (χ2n) is 4.83. The number of amides is 1. The molecule has 0 aromatic heterocycles. The molecule has 1 fully saturated rings. The molecule has 1 aromatic carbocycles. The number of hydrogen-bond acceptors (Lipinski definition) is 3. The van der Waals surface area contributed by atoms with Crippen molar-refractivity contribution in [3.8, 4) is 0 Å². The van der Waals surface area contributed by atoms with Crippen molar-refractivity contribution < 1.29 is 15.0 Å². The van der Waals surface area contributed by atoms with Gasteiger partial charge in [0.1, 0.15) is 0 Å². The van der Waals surface area contributed by atoms with Gasteiger partial charge in [0.05, 0.1) is 18.1 Å². The number of aliphatic hydroxyl groups is 2. The number of aliphatic hydroxyl groups excluding tert-OH is 2. The molecule has 0 saturated carbocycles. The van der Waals surface area contributed by atoms with E-state index in [2.05, 4.69) is 0 Å². The summed E-state index contributed by atoms with van der Waals surface area (Å²) in [5.41, 5.74) is 2.32. The van der Waals surface area contributed by atoms with E-state index in [0.717, 1.165) is 12.0 Å². The zero-order valence-electron chi connectivity index (χ0n) is 9.41. The van der Waals surface area contributed by atoms with Crippen molar-refractivity contribution in [1.29, 1.82) is 0 Å². The van der Waals surface area contributed by atoms with Crippen LogP contribution in [0.3, 0.4) is 0 Å². The van der Waals surface area contributed by atoms with Gasteiger partial charge in [-0.1, -0.05) is 24.3 Å². The molecule has 2 aliphatic rings. The van der Waals surface area contributed by atoms with E-state index in [-0.39, 0.29) is 24.9 Å². The van der Waals surface area contributed by atoms with Gasteiger partial charge in [-0.3, -0.25) is 4.79 Å². The second-order valence-corrected chi connectivity index (χ2v) is 4.83. The van der Waals surface area contributed by atoms with Crippen molar-refractivity contribution in [3.63, 3.8) is 0 Å². The van der Waals surface area contributed by atoms with E-state index in [4.69, 9.17) is 0 Å². The lowest BCUT2D eigenvalue weighted by molar-refractivity contribution is -0.132. The number of β-amino-alcohol motifs (C(OH)–C–C–N with tert-alkyl or cyclic N) is 2. The molecule has 0 bridgehead atoms. The minimum atomic E-state index is -0.797. The number of carbonyl (C=O) groups excluding carboxylic acids is 1. The summed E-state index contributed by atoms with van der Waals surface area (Å²) in [4.78, 5) is 13.8. The number of likely N-dealkylation sites (tertiary alicyclic amines) is 1. The highest BCUT2D eigenvalue weighted by Gasteiger charge is 2.39. The number of hydrogen-bond donors (Lipinski definition) is 2. The first-order valence-electron chi connectivity index (χ1n) is 5.89. The molecule has 0 spiro atoms. The maximum absolute atomic E-state index is 12.2. The monoisotopic (exact) mass is 233 g/mol. The topological polar surface area (TPSA) is 60.8 Å². The highest BCUT2D eigenvalue weighted by Crippen LogP contribution is 2.36. The standard InChI is InChI=1S/C13H15NO3/c15-11-6-14(7-12(11)16)13(17)10-5-8-3-1-2-4-9(8)10/h1-4,10-12,15-16H,5-7H2. The highest BCUT2D eigenvalue weighted by atomic mass is 16.3. The van der Waals surface area contributed by atoms with Crippen molar-refractivity contribution in [1.82, 2.24) is 4.90 Å². The summed E-state index contributed by atoms with van der Waals surface area (Å²) in [5, 5.41) is 18.9. The van der Waals surface area contributed by atoms with Crippen LogP contribution in [0.4, 0.5) is 0 Å². The first-order chi connectivity index (χ1) is 8.16. The van der Waals surface area contributed by atoms with Crippen LogP contribution in [0.25, 0.3) is 0 Å². The summed E-state index contributed by atoms with van der Waals surface area (Å²) in [6, 6.07) is 7.92. The molecule has 3 unspecified atom stereocenters. The van der Waals surface area contributed by atoms with Crippen molar-refractivity contribution in [3.05, 3.63) is 35.4 Å². The molecule has 0 radical (unpaired) electrons. The lowest BCUT2D eigenvalue weighted by atomic mass is 9.77. The van der Waals surface area contributed by atoms with E-state index < -0.39 is 12.2 Å². The average Bonchev–Trinajstić information content (AvgIpc) is 2.61. The molecule has 3 atom stereocenters. The van der Waals surface area contributed by atoms with E-state index in [0.29, 0.717) is 0 Å². The minimum Gasteiger partial charge on any atom is -0.388 e. The summed E-state index contributed by atoms with van der Waals surface area (Å²) in [7, 11) is 0. The summed E-state index contributed by atoms with van der Waals surface area (Å²) in [6.07, 6.45) is -0.818. The maximum atomic E-state index is 12.2. The summed E-state index contributed by atoms with van der Waals surface area (Å²) < 4.78 is 0. The Morgan fingerprint density at radius 2 is 1.82 bits per heavy atom. The largest absolute Gasteiger partial charge is 0.388 e. The van der Waals surface area contributed by atoms with Crippen molar-refractivity contribution >= 4 is 5.91 Å². The van der Waals surface area contributed by atoms with Crippen LogP contribution in [0.2, 0.25) is 0 Å². The lowest BCUT2D eigenvalue weighted by Gasteiger charge is -2.32. The normalized spacial score (nSPS) is 30.9. The average molecular weight is 233 g/mol. The number of nitrogens with zero attached hydrogens (tertiary/aromatic N) is 1. The molecule has 1 amide bonds. The van der Waals surface area contributed by atoms with Crippen LogP contribution in [0.1, 0.15) is 17.0 Å². The van der Waals surface area contributed by atoms with Gasteiger partial charge < -0.3 is 15.1 Å². The van der Waals surface area contributed by atoms with Crippen LogP contribution in [-0.4, -0.2) is 46.3 Å². The summed E-state index contributed by atoms with van der Waals surface area (Å²) in [6.45, 7) is 0.497. The van der Waals surface area contributed by atoms with E-state index in [1.54, 1.807) is 4.90 Å². The molecule has 90 valence electrons. The molecule has 1 aliphatic heterocycles. The summed E-state index contributed by atoms with van der Waals surface area (Å²) in [5.74, 6) is -0.0528. The van der Waals surface area contributed by atoms with E-state index in [1.165, 1.54) is 5.56 Å². The van der Waals surface area contributed by atoms with Gasteiger partial charge in [0.2, 0.25) is 5.91 Å². The quantitative estimate of drug-likeness (QED) is 0.711. The Bertz CT molecular complexity index is 450. The van der Waals surface area contributed by atoms with Gasteiger partial charge in [-0.25, -0.2) is 0 Å². The van der Waals surface area contributed by atoms with Gasteiger partial charge in [0, 0.05) is 13.1 Å². The Labute approximate surface area is 99.5 Å². The van der Waals surface area contributed by atoms with Crippen LogP contribution in [0, 0.1) is 0 Å². The molecule has 17 heavy (non-hydrogen) atoms. The van der Waals surface area contributed by atoms with Gasteiger partial charge in [0.15, 0.2) is 0 Å². The van der Waals surface area contributed by atoms with Gasteiger partial charge in [-0.15, -0.1) is 0 Å². The number of carbonyl (C=O) groups is 1. The predicted molar refractivity (Wildman–Crippen MR) is 61.5 cm³/mol. The highest BCUT2D eigenvalue weighted by molar-refractivity contribution is 5.87. The molecule has 3 rings (SSSR count). The van der Waals surface area contributed by atoms with Crippen molar-refractivity contribution in [2.45, 2.75) is 24.5 Å².